The summed E-state index contributed by atoms with van der Waals surface area (Å²) in [5.41, 5.74) is 1.55. The number of carbonyl (C=O) groups is 1. The summed E-state index contributed by atoms with van der Waals surface area (Å²) in [5, 5.41) is 0.921. The van der Waals surface area contributed by atoms with Gasteiger partial charge in [-0.05, 0) is 24.6 Å². The van der Waals surface area contributed by atoms with Gasteiger partial charge in [-0.25, -0.2) is 0 Å². The van der Waals surface area contributed by atoms with Crippen molar-refractivity contribution in [2.24, 2.45) is 0 Å². The molecule has 0 saturated carbocycles. The van der Waals surface area contributed by atoms with Crippen LogP contribution in [0.1, 0.15) is 29.1 Å². The molecule has 0 bridgehead atoms. The summed E-state index contributed by atoms with van der Waals surface area (Å²) in [6.07, 6.45) is -0.628. The van der Waals surface area contributed by atoms with Crippen LogP contribution in [0.2, 0.25) is 0 Å². The average Bonchev–Trinajstić information content (AvgIpc) is 2.97. The van der Waals surface area contributed by atoms with Gasteiger partial charge in [0.05, 0.1) is 0 Å². The molecule has 0 aliphatic rings. The Bertz CT molecular complexity index is 710. The van der Waals surface area contributed by atoms with Gasteiger partial charge in [0, 0.05) is 12.0 Å². The molecule has 2 aromatic carbocycles. The van der Waals surface area contributed by atoms with E-state index < -0.39 is 6.10 Å². The second-order valence-electron chi connectivity index (χ2n) is 4.76. The normalized spacial score (nSPS) is 12.4. The number of furan rings is 1. The number of ether oxygens (including phenoxy) is 1. The van der Waals surface area contributed by atoms with Gasteiger partial charge in [-0.1, -0.05) is 48.5 Å². The Kier molecular flexibility index (Phi) is 3.84. The highest BCUT2D eigenvalue weighted by Gasteiger charge is 2.25. The molecule has 21 heavy (non-hydrogen) atoms. The first-order valence-corrected chi connectivity index (χ1v) is 6.99. The fourth-order valence-electron chi connectivity index (χ4n) is 2.35. The van der Waals surface area contributed by atoms with E-state index in [9.17, 15) is 4.79 Å². The Morgan fingerprint density at radius 1 is 1.10 bits per heavy atom. The highest BCUT2D eigenvalue weighted by molar-refractivity contribution is 6.00. The van der Waals surface area contributed by atoms with Crippen LogP contribution in [0.15, 0.2) is 65.1 Å². The molecule has 3 aromatic rings. The summed E-state index contributed by atoms with van der Waals surface area (Å²) in [6, 6.07) is 18.8. The standard InChI is InChI=1S/C18H16O3/c1-2-20-18(13-8-4-3-5-9-13)17(19)16-12-14-10-6-7-11-15(14)21-16/h3-12,18H,2H2,1H3. The molecule has 0 saturated heterocycles. The number of para-hydroxylation sites is 1. The topological polar surface area (TPSA) is 39.4 Å². The number of rotatable bonds is 5. The van der Waals surface area contributed by atoms with Crippen LogP contribution < -0.4 is 0 Å². The van der Waals surface area contributed by atoms with E-state index in [1.807, 2.05) is 61.5 Å². The number of hydrogen-bond acceptors (Lipinski definition) is 3. The number of benzene rings is 2. The van der Waals surface area contributed by atoms with Gasteiger partial charge in [-0.15, -0.1) is 0 Å². The van der Waals surface area contributed by atoms with E-state index in [0.29, 0.717) is 18.0 Å². The van der Waals surface area contributed by atoms with Gasteiger partial charge in [0.15, 0.2) is 5.76 Å². The van der Waals surface area contributed by atoms with Crippen molar-refractivity contribution in [2.75, 3.05) is 6.61 Å². The van der Waals surface area contributed by atoms with E-state index in [1.165, 1.54) is 0 Å². The van der Waals surface area contributed by atoms with Crippen LogP contribution in [0.5, 0.6) is 0 Å². The zero-order valence-corrected chi connectivity index (χ0v) is 11.8. The maximum absolute atomic E-state index is 12.7. The highest BCUT2D eigenvalue weighted by atomic mass is 16.5. The largest absolute Gasteiger partial charge is 0.453 e. The van der Waals surface area contributed by atoms with E-state index in [4.69, 9.17) is 9.15 Å². The summed E-state index contributed by atoms with van der Waals surface area (Å²) in [5.74, 6) is 0.178. The molecule has 1 unspecified atom stereocenters. The van der Waals surface area contributed by atoms with Crippen molar-refractivity contribution in [3.63, 3.8) is 0 Å². The van der Waals surface area contributed by atoms with Crippen LogP contribution in [-0.4, -0.2) is 12.4 Å². The maximum Gasteiger partial charge on any atom is 0.231 e. The van der Waals surface area contributed by atoms with Gasteiger partial charge in [0.2, 0.25) is 5.78 Å². The molecule has 1 atom stereocenters. The third-order valence-electron chi connectivity index (χ3n) is 3.34. The summed E-state index contributed by atoms with van der Waals surface area (Å²) < 4.78 is 11.3. The van der Waals surface area contributed by atoms with Crippen molar-refractivity contribution < 1.29 is 13.9 Å². The van der Waals surface area contributed by atoms with Crippen LogP contribution in [-0.2, 0) is 4.74 Å². The Morgan fingerprint density at radius 3 is 2.52 bits per heavy atom. The second kappa shape index (κ2) is 5.94. The highest BCUT2D eigenvalue weighted by Crippen LogP contribution is 2.26. The molecule has 106 valence electrons. The van der Waals surface area contributed by atoms with Crippen LogP contribution in [0.25, 0.3) is 11.0 Å². The molecule has 0 aliphatic carbocycles. The molecular formula is C18H16O3. The number of fused-ring (bicyclic) bond motifs is 1. The van der Waals surface area contributed by atoms with E-state index in [0.717, 1.165) is 10.9 Å². The van der Waals surface area contributed by atoms with Gasteiger partial charge in [0.25, 0.3) is 0 Å². The average molecular weight is 280 g/mol. The monoisotopic (exact) mass is 280 g/mol. The third kappa shape index (κ3) is 2.73. The van der Waals surface area contributed by atoms with Crippen molar-refractivity contribution in [1.29, 1.82) is 0 Å². The molecule has 3 nitrogen and oxygen atoms in total. The van der Waals surface area contributed by atoms with Crippen molar-refractivity contribution >= 4 is 16.8 Å². The molecule has 0 amide bonds. The molecule has 0 fully saturated rings. The molecule has 0 spiro atoms. The molecule has 3 heteroatoms. The van der Waals surface area contributed by atoms with Crippen molar-refractivity contribution in [2.45, 2.75) is 13.0 Å². The van der Waals surface area contributed by atoms with Gasteiger partial charge in [-0.3, -0.25) is 4.79 Å². The third-order valence-corrected chi connectivity index (χ3v) is 3.34. The van der Waals surface area contributed by atoms with Gasteiger partial charge in [-0.2, -0.15) is 0 Å². The van der Waals surface area contributed by atoms with Gasteiger partial charge in [0.1, 0.15) is 11.7 Å². The summed E-state index contributed by atoms with van der Waals surface area (Å²) >= 11 is 0. The minimum absolute atomic E-state index is 0.153. The van der Waals surface area contributed by atoms with E-state index >= 15 is 0 Å². The van der Waals surface area contributed by atoms with Crippen LogP contribution in [0, 0.1) is 0 Å². The molecule has 0 aliphatic heterocycles. The van der Waals surface area contributed by atoms with Crippen LogP contribution in [0.3, 0.4) is 0 Å². The lowest BCUT2D eigenvalue weighted by molar-refractivity contribution is 0.0430. The van der Waals surface area contributed by atoms with Crippen molar-refractivity contribution in [1.82, 2.24) is 0 Å². The van der Waals surface area contributed by atoms with Crippen molar-refractivity contribution in [3.8, 4) is 0 Å². The summed E-state index contributed by atoms with van der Waals surface area (Å²) in [6.45, 7) is 2.34. The molecule has 0 N–H and O–H groups in total. The van der Waals surface area contributed by atoms with Crippen molar-refractivity contribution in [3.05, 3.63) is 72.0 Å². The number of hydrogen-bond donors (Lipinski definition) is 0. The molecule has 1 aromatic heterocycles. The summed E-state index contributed by atoms with van der Waals surface area (Å²) in [7, 11) is 0. The van der Waals surface area contributed by atoms with E-state index in [-0.39, 0.29) is 5.78 Å². The predicted octanol–water partition coefficient (Wildman–Crippen LogP) is 4.39. The van der Waals surface area contributed by atoms with Crippen LogP contribution >= 0.6 is 0 Å². The lowest BCUT2D eigenvalue weighted by Gasteiger charge is -2.14. The lowest BCUT2D eigenvalue weighted by atomic mass is 10.0. The zero-order valence-electron chi connectivity index (χ0n) is 11.8. The molecule has 1 heterocycles. The second-order valence-corrected chi connectivity index (χ2v) is 4.76. The Balaban J connectivity index is 1.97. The summed E-state index contributed by atoms with van der Waals surface area (Å²) in [4.78, 5) is 12.7. The lowest BCUT2D eigenvalue weighted by Crippen LogP contribution is -2.15. The molecule has 3 rings (SSSR count). The minimum Gasteiger partial charge on any atom is -0.453 e. The predicted molar refractivity (Wildman–Crippen MR) is 81.4 cm³/mol. The first-order valence-electron chi connectivity index (χ1n) is 6.99. The fourth-order valence-corrected chi connectivity index (χ4v) is 2.35. The Hall–Kier alpha value is -2.39. The first kappa shape index (κ1) is 13.6. The Labute approximate surface area is 123 Å². The van der Waals surface area contributed by atoms with Gasteiger partial charge < -0.3 is 9.15 Å². The fraction of sp³-hybridized carbons (Fsp3) is 0.167. The number of Topliss-reactive ketones (excluding diaryl/α,β-unsaturated/α-hetero) is 1. The van der Waals surface area contributed by atoms with E-state index in [2.05, 4.69) is 0 Å². The number of ketones is 1. The smallest absolute Gasteiger partial charge is 0.231 e. The molecule has 0 radical (unpaired) electrons. The van der Waals surface area contributed by atoms with Gasteiger partial charge >= 0.3 is 0 Å². The molecular weight excluding hydrogens is 264 g/mol. The zero-order chi connectivity index (χ0) is 14.7. The maximum atomic E-state index is 12.7. The minimum atomic E-state index is -0.628. The number of carbonyl (C=O) groups excluding carboxylic acids is 1. The van der Waals surface area contributed by atoms with E-state index in [1.54, 1.807) is 6.07 Å². The quantitative estimate of drug-likeness (QED) is 0.650. The first-order chi connectivity index (χ1) is 10.3. The Morgan fingerprint density at radius 2 is 1.81 bits per heavy atom. The SMILES string of the molecule is CCOC(C(=O)c1cc2ccccc2o1)c1ccccc1. The van der Waals surface area contributed by atoms with Crippen LogP contribution in [0.4, 0.5) is 0 Å².